The second-order valence-electron chi connectivity index (χ2n) is 18.9. The highest BCUT2D eigenvalue weighted by Gasteiger charge is 2.23. The minimum atomic E-state index is -4.60. The Bertz CT molecular complexity index is 1090. The molecule has 0 saturated carbocycles. The molecule has 9 heteroatoms. The molecule has 0 aromatic rings. The second kappa shape index (κ2) is 43.9. The second-order valence-corrected chi connectivity index (χ2v) is 20.3. The number of likely N-dealkylation sites (N-methyl/N-ethyl adjacent to an activating group) is 1. The van der Waals surface area contributed by atoms with E-state index in [9.17, 15) is 19.4 Å². The van der Waals surface area contributed by atoms with Crippen molar-refractivity contribution in [3.63, 3.8) is 0 Å². The van der Waals surface area contributed by atoms with Crippen LogP contribution >= 0.6 is 7.82 Å². The molecule has 0 saturated heterocycles. The van der Waals surface area contributed by atoms with Crippen LogP contribution in [0.3, 0.4) is 0 Å². The number of phosphoric acid groups is 1. The number of hydrogen-bond donors (Lipinski definition) is 2. The van der Waals surface area contributed by atoms with Crippen molar-refractivity contribution in [3.05, 3.63) is 36.5 Å². The van der Waals surface area contributed by atoms with E-state index < -0.39 is 26.6 Å². The number of quaternary nitrogens is 1. The smallest absolute Gasteiger partial charge is 0.268 e. The Hall–Kier alpha value is -1.28. The van der Waals surface area contributed by atoms with Gasteiger partial charge in [0.05, 0.1) is 39.9 Å². The van der Waals surface area contributed by atoms with Crippen LogP contribution in [0.1, 0.15) is 239 Å². The Labute approximate surface area is 378 Å². The van der Waals surface area contributed by atoms with Crippen LogP contribution in [0.2, 0.25) is 0 Å². The molecule has 1 amide bonds. The van der Waals surface area contributed by atoms with Crippen LogP contribution in [0.15, 0.2) is 36.5 Å². The van der Waals surface area contributed by atoms with E-state index in [1.54, 1.807) is 6.08 Å². The van der Waals surface area contributed by atoms with E-state index in [0.717, 1.165) is 44.9 Å². The predicted molar refractivity (Wildman–Crippen MR) is 261 cm³/mol. The summed E-state index contributed by atoms with van der Waals surface area (Å²) in [6.07, 6.45) is 55.0. The summed E-state index contributed by atoms with van der Waals surface area (Å²) in [5, 5.41) is 13.8. The Kier molecular flexibility index (Phi) is 43.0. The SMILES string of the molecule is CCCCCCCCCCCCCCCCCC/C=C/CC/C=C/CC/C=C/C(O)C(COP(=O)([O-])OCC[N+](C)(C)C)NC(=O)CCCCCCCCCCCCCCC. The van der Waals surface area contributed by atoms with Gasteiger partial charge >= 0.3 is 0 Å². The number of phosphoric ester groups is 1. The van der Waals surface area contributed by atoms with Gasteiger partial charge in [0, 0.05) is 6.42 Å². The van der Waals surface area contributed by atoms with E-state index in [0.29, 0.717) is 17.4 Å². The van der Waals surface area contributed by atoms with Gasteiger partial charge in [-0.15, -0.1) is 0 Å². The van der Waals surface area contributed by atoms with Gasteiger partial charge in [0.1, 0.15) is 13.2 Å². The highest BCUT2D eigenvalue weighted by molar-refractivity contribution is 7.45. The molecule has 8 nitrogen and oxygen atoms in total. The lowest BCUT2D eigenvalue weighted by atomic mass is 10.0. The molecule has 360 valence electrons. The summed E-state index contributed by atoms with van der Waals surface area (Å²) in [6.45, 7) is 4.63. The minimum absolute atomic E-state index is 0.00774. The summed E-state index contributed by atoms with van der Waals surface area (Å²) in [6, 6.07) is -0.906. The molecule has 0 rings (SSSR count). The average molecular weight is 881 g/mol. The number of carbonyl (C=O) groups excluding carboxylic acids is 1. The molecule has 0 radical (unpaired) electrons. The molecular formula is C52H101N2O6P. The molecule has 0 aliphatic carbocycles. The van der Waals surface area contributed by atoms with Crippen LogP contribution in [-0.4, -0.2) is 68.5 Å². The van der Waals surface area contributed by atoms with Crippen molar-refractivity contribution in [3.8, 4) is 0 Å². The Morgan fingerprint density at radius 3 is 1.33 bits per heavy atom. The third-order valence-corrected chi connectivity index (χ3v) is 12.5. The van der Waals surface area contributed by atoms with Gasteiger partial charge in [-0.25, -0.2) is 0 Å². The number of hydrogen-bond acceptors (Lipinski definition) is 6. The summed E-state index contributed by atoms with van der Waals surface area (Å²) in [4.78, 5) is 25.3. The first kappa shape index (κ1) is 59.7. The molecule has 61 heavy (non-hydrogen) atoms. The lowest BCUT2D eigenvalue weighted by Crippen LogP contribution is -2.45. The lowest BCUT2D eigenvalue weighted by molar-refractivity contribution is -0.870. The standard InChI is InChI=1S/C52H101N2O6P/c1-6-8-10-12-14-16-18-20-21-22-23-24-25-26-27-28-29-30-31-32-34-35-37-39-41-43-45-51(55)50(49-60-61(57,58)59-48-47-54(3,4)5)53-52(56)46-44-42-40-38-36-33-19-17-15-13-11-9-7-2/h30-31,35,37,43,45,50-51,55H,6-29,32-34,36,38-42,44,46-49H2,1-5H3,(H-,53,56,57,58)/b31-30+,37-35+,45-43+. The number of rotatable bonds is 47. The Balaban J connectivity index is 4.30. The number of nitrogens with zero attached hydrogens (tertiary/aromatic N) is 1. The summed E-state index contributed by atoms with van der Waals surface area (Å²) < 4.78 is 23.2. The van der Waals surface area contributed by atoms with Gasteiger partial charge in [-0.1, -0.05) is 224 Å². The van der Waals surface area contributed by atoms with Crippen LogP contribution in [0.5, 0.6) is 0 Å². The molecule has 0 aromatic carbocycles. The number of unbranched alkanes of at least 4 members (excludes halogenated alkanes) is 30. The van der Waals surface area contributed by atoms with Crippen LogP contribution in [0, 0.1) is 0 Å². The molecule has 3 unspecified atom stereocenters. The largest absolute Gasteiger partial charge is 0.756 e. The van der Waals surface area contributed by atoms with E-state index in [1.165, 1.54) is 173 Å². The predicted octanol–water partition coefficient (Wildman–Crippen LogP) is 14.4. The van der Waals surface area contributed by atoms with Gasteiger partial charge in [0.2, 0.25) is 5.91 Å². The first-order valence-electron chi connectivity index (χ1n) is 25.9. The fraction of sp³-hybridized carbons (Fsp3) is 0.865. The third kappa shape index (κ3) is 46.5. The van der Waals surface area contributed by atoms with Gasteiger partial charge in [-0.3, -0.25) is 9.36 Å². The minimum Gasteiger partial charge on any atom is -0.756 e. The Morgan fingerprint density at radius 1 is 0.557 bits per heavy atom. The van der Waals surface area contributed by atoms with Crippen LogP contribution in [0.4, 0.5) is 0 Å². The first-order valence-corrected chi connectivity index (χ1v) is 27.3. The van der Waals surface area contributed by atoms with Crippen molar-refractivity contribution in [2.45, 2.75) is 251 Å². The van der Waals surface area contributed by atoms with E-state index in [-0.39, 0.29) is 12.5 Å². The van der Waals surface area contributed by atoms with Crippen molar-refractivity contribution >= 4 is 13.7 Å². The maximum atomic E-state index is 12.9. The van der Waals surface area contributed by atoms with Crippen molar-refractivity contribution in [2.75, 3.05) is 40.9 Å². The molecule has 0 heterocycles. The highest BCUT2D eigenvalue weighted by atomic mass is 31.2. The van der Waals surface area contributed by atoms with Crippen molar-refractivity contribution in [1.82, 2.24) is 5.32 Å². The summed E-state index contributed by atoms with van der Waals surface area (Å²) in [7, 11) is 1.24. The zero-order chi connectivity index (χ0) is 45.0. The van der Waals surface area contributed by atoms with Gasteiger partial charge in [-0.2, -0.15) is 0 Å². The molecule has 2 N–H and O–H groups in total. The van der Waals surface area contributed by atoms with Gasteiger partial charge in [0.15, 0.2) is 0 Å². The van der Waals surface area contributed by atoms with Crippen LogP contribution in [0.25, 0.3) is 0 Å². The first-order chi connectivity index (χ1) is 29.5. The van der Waals surface area contributed by atoms with Gasteiger partial charge < -0.3 is 28.8 Å². The number of allylic oxidation sites excluding steroid dienone is 5. The van der Waals surface area contributed by atoms with Crippen molar-refractivity contribution < 1.29 is 32.9 Å². The van der Waals surface area contributed by atoms with E-state index in [1.807, 2.05) is 27.2 Å². The number of nitrogens with one attached hydrogen (secondary N) is 1. The number of aliphatic hydroxyl groups excluding tert-OH is 1. The molecule has 0 aliphatic rings. The van der Waals surface area contributed by atoms with Crippen molar-refractivity contribution in [2.24, 2.45) is 0 Å². The number of carbonyl (C=O) groups is 1. The number of aliphatic hydroxyl groups is 1. The zero-order valence-corrected chi connectivity index (χ0v) is 41.8. The molecular weight excluding hydrogens is 780 g/mol. The fourth-order valence-electron chi connectivity index (χ4n) is 7.48. The molecule has 0 bridgehead atoms. The zero-order valence-electron chi connectivity index (χ0n) is 40.9. The summed E-state index contributed by atoms with van der Waals surface area (Å²) in [5.41, 5.74) is 0. The summed E-state index contributed by atoms with van der Waals surface area (Å²) >= 11 is 0. The topological polar surface area (TPSA) is 108 Å². The van der Waals surface area contributed by atoms with Crippen molar-refractivity contribution in [1.29, 1.82) is 0 Å². The molecule has 3 atom stereocenters. The monoisotopic (exact) mass is 881 g/mol. The summed E-state index contributed by atoms with van der Waals surface area (Å²) in [5.74, 6) is -0.210. The molecule has 0 fully saturated rings. The lowest BCUT2D eigenvalue weighted by Gasteiger charge is -2.29. The van der Waals surface area contributed by atoms with Gasteiger partial charge in [0.25, 0.3) is 7.82 Å². The molecule has 0 aliphatic heterocycles. The third-order valence-electron chi connectivity index (χ3n) is 11.6. The van der Waals surface area contributed by atoms with Crippen LogP contribution < -0.4 is 10.2 Å². The maximum absolute atomic E-state index is 12.9. The van der Waals surface area contributed by atoms with Crippen LogP contribution in [-0.2, 0) is 18.4 Å². The average Bonchev–Trinajstić information content (AvgIpc) is 3.21. The van der Waals surface area contributed by atoms with E-state index in [4.69, 9.17) is 9.05 Å². The van der Waals surface area contributed by atoms with E-state index >= 15 is 0 Å². The molecule has 0 spiro atoms. The maximum Gasteiger partial charge on any atom is 0.268 e. The fourth-order valence-corrected chi connectivity index (χ4v) is 8.20. The molecule has 0 aromatic heterocycles. The van der Waals surface area contributed by atoms with Gasteiger partial charge in [-0.05, 0) is 44.9 Å². The highest BCUT2D eigenvalue weighted by Crippen LogP contribution is 2.38. The Morgan fingerprint density at radius 2 is 0.918 bits per heavy atom. The normalized spacial score (nSPS) is 14.4. The quantitative estimate of drug-likeness (QED) is 0.0273. The van der Waals surface area contributed by atoms with E-state index in [2.05, 4.69) is 43.5 Å². The number of amides is 1.